The lowest BCUT2D eigenvalue weighted by molar-refractivity contribution is 0.718. The van der Waals surface area contributed by atoms with Crippen LogP contribution in [0, 0.1) is 6.92 Å². The maximum atomic E-state index is 11.5. The molecule has 66 valence electrons. The Balaban J connectivity index is 2.95. The van der Waals surface area contributed by atoms with E-state index in [0.29, 0.717) is 5.39 Å². The molecule has 0 saturated heterocycles. The zero-order chi connectivity index (χ0) is 9.42. The third-order valence-corrected chi connectivity index (χ3v) is 1.97. The van der Waals surface area contributed by atoms with E-state index in [2.05, 4.69) is 10.1 Å². The van der Waals surface area contributed by atoms with Crippen LogP contribution in [0.4, 0.5) is 0 Å². The van der Waals surface area contributed by atoms with E-state index >= 15 is 0 Å². The van der Waals surface area contributed by atoms with E-state index in [9.17, 15) is 4.79 Å². The highest BCUT2D eigenvalue weighted by atomic mass is 16.1. The van der Waals surface area contributed by atoms with Crippen LogP contribution in [0.3, 0.4) is 0 Å². The topological polar surface area (TPSA) is 47.8 Å². The van der Waals surface area contributed by atoms with E-state index in [1.54, 1.807) is 19.4 Å². The molecule has 0 unspecified atom stereocenters. The van der Waals surface area contributed by atoms with Crippen LogP contribution in [-0.4, -0.2) is 14.8 Å². The molecule has 0 atom stereocenters. The lowest BCUT2D eigenvalue weighted by Gasteiger charge is -1.99. The highest BCUT2D eigenvalue weighted by Crippen LogP contribution is 2.06. The number of rotatable bonds is 0. The van der Waals surface area contributed by atoms with Crippen molar-refractivity contribution in [1.29, 1.82) is 0 Å². The molecule has 2 heterocycles. The number of pyridine rings is 1. The lowest BCUT2D eigenvalue weighted by atomic mass is 10.2. The SMILES string of the molecule is Cc1cc2cnn(C)c(=O)c2cn1. The molecule has 2 rings (SSSR count). The molecule has 0 aliphatic rings. The Morgan fingerprint density at radius 3 is 2.92 bits per heavy atom. The van der Waals surface area contributed by atoms with Crippen molar-refractivity contribution < 1.29 is 0 Å². The maximum Gasteiger partial charge on any atom is 0.275 e. The van der Waals surface area contributed by atoms with Crippen molar-refractivity contribution in [3.63, 3.8) is 0 Å². The van der Waals surface area contributed by atoms with Gasteiger partial charge in [0, 0.05) is 24.3 Å². The Hall–Kier alpha value is -1.71. The maximum absolute atomic E-state index is 11.5. The zero-order valence-corrected chi connectivity index (χ0v) is 7.48. The monoisotopic (exact) mass is 175 g/mol. The zero-order valence-electron chi connectivity index (χ0n) is 7.48. The molecule has 4 heteroatoms. The summed E-state index contributed by atoms with van der Waals surface area (Å²) in [6.45, 7) is 1.89. The van der Waals surface area contributed by atoms with Gasteiger partial charge in [-0.2, -0.15) is 5.10 Å². The average molecular weight is 175 g/mol. The second kappa shape index (κ2) is 2.65. The van der Waals surface area contributed by atoms with Gasteiger partial charge in [0.1, 0.15) is 0 Å². The quantitative estimate of drug-likeness (QED) is 0.590. The van der Waals surface area contributed by atoms with E-state index < -0.39 is 0 Å². The molecule has 4 nitrogen and oxygen atoms in total. The van der Waals surface area contributed by atoms with Gasteiger partial charge in [-0.3, -0.25) is 9.78 Å². The van der Waals surface area contributed by atoms with Crippen molar-refractivity contribution in [1.82, 2.24) is 14.8 Å². The van der Waals surface area contributed by atoms with Gasteiger partial charge in [0.25, 0.3) is 5.56 Å². The number of nitrogens with zero attached hydrogens (tertiary/aromatic N) is 3. The normalized spacial score (nSPS) is 10.6. The first kappa shape index (κ1) is 7.91. The summed E-state index contributed by atoms with van der Waals surface area (Å²) in [6.07, 6.45) is 3.26. The fourth-order valence-corrected chi connectivity index (χ4v) is 1.24. The third-order valence-electron chi connectivity index (χ3n) is 1.97. The van der Waals surface area contributed by atoms with E-state index in [1.807, 2.05) is 13.0 Å². The van der Waals surface area contributed by atoms with Gasteiger partial charge in [0.2, 0.25) is 0 Å². The third kappa shape index (κ3) is 1.20. The standard InChI is InChI=1S/C9H9N3O/c1-6-3-7-4-11-12(2)9(13)8(7)5-10-6/h3-5H,1-2H3. The number of hydrogen-bond acceptors (Lipinski definition) is 3. The van der Waals surface area contributed by atoms with Gasteiger partial charge in [-0.25, -0.2) is 4.68 Å². The lowest BCUT2D eigenvalue weighted by Crippen LogP contribution is -2.19. The van der Waals surface area contributed by atoms with Gasteiger partial charge >= 0.3 is 0 Å². The molecule has 0 amide bonds. The van der Waals surface area contributed by atoms with Crippen molar-refractivity contribution in [3.05, 3.63) is 34.5 Å². The molecule has 0 saturated carbocycles. The first-order valence-electron chi connectivity index (χ1n) is 3.97. The van der Waals surface area contributed by atoms with E-state index in [0.717, 1.165) is 11.1 Å². The molecule has 13 heavy (non-hydrogen) atoms. The average Bonchev–Trinajstić information content (AvgIpc) is 2.12. The fourth-order valence-electron chi connectivity index (χ4n) is 1.24. The number of aryl methyl sites for hydroxylation is 2. The predicted molar refractivity (Wildman–Crippen MR) is 49.5 cm³/mol. The molecule has 0 aliphatic carbocycles. The van der Waals surface area contributed by atoms with Crippen LogP contribution in [0.15, 0.2) is 23.3 Å². The Morgan fingerprint density at radius 2 is 2.15 bits per heavy atom. The van der Waals surface area contributed by atoms with Crippen molar-refractivity contribution in [2.45, 2.75) is 6.92 Å². The first-order valence-corrected chi connectivity index (χ1v) is 3.97. The number of aromatic nitrogens is 3. The summed E-state index contributed by atoms with van der Waals surface area (Å²) in [5.41, 5.74) is 0.785. The summed E-state index contributed by atoms with van der Waals surface area (Å²) in [4.78, 5) is 15.6. The molecular formula is C9H9N3O. The van der Waals surface area contributed by atoms with Crippen molar-refractivity contribution in [2.75, 3.05) is 0 Å². The number of hydrogen-bond donors (Lipinski definition) is 0. The molecule has 0 fully saturated rings. The highest BCUT2D eigenvalue weighted by molar-refractivity contribution is 5.79. The molecule has 2 aromatic heterocycles. The predicted octanol–water partition coefficient (Wildman–Crippen LogP) is 0.637. The van der Waals surface area contributed by atoms with E-state index in [1.165, 1.54) is 4.68 Å². The van der Waals surface area contributed by atoms with Crippen LogP contribution in [0.2, 0.25) is 0 Å². The van der Waals surface area contributed by atoms with Gasteiger partial charge in [0.05, 0.1) is 11.6 Å². The minimum Gasteiger partial charge on any atom is -0.267 e. The van der Waals surface area contributed by atoms with Crippen LogP contribution >= 0.6 is 0 Å². The summed E-state index contributed by atoms with van der Waals surface area (Å²) in [6, 6.07) is 1.85. The van der Waals surface area contributed by atoms with Gasteiger partial charge in [-0.1, -0.05) is 0 Å². The van der Waals surface area contributed by atoms with Gasteiger partial charge in [-0.15, -0.1) is 0 Å². The Morgan fingerprint density at radius 1 is 1.38 bits per heavy atom. The second-order valence-electron chi connectivity index (χ2n) is 2.99. The molecule has 0 aliphatic heterocycles. The molecule has 0 aromatic carbocycles. The Kier molecular flexibility index (Phi) is 1.62. The minimum absolute atomic E-state index is 0.106. The first-order chi connectivity index (χ1) is 6.18. The largest absolute Gasteiger partial charge is 0.275 e. The van der Waals surface area contributed by atoms with Crippen LogP contribution < -0.4 is 5.56 Å². The van der Waals surface area contributed by atoms with Crippen LogP contribution in [-0.2, 0) is 7.05 Å². The van der Waals surface area contributed by atoms with E-state index in [-0.39, 0.29) is 5.56 Å². The Bertz CT molecular complexity index is 516. The number of fused-ring (bicyclic) bond motifs is 1. The van der Waals surface area contributed by atoms with Crippen molar-refractivity contribution in [3.8, 4) is 0 Å². The second-order valence-corrected chi connectivity index (χ2v) is 2.99. The minimum atomic E-state index is -0.106. The summed E-state index contributed by atoms with van der Waals surface area (Å²) >= 11 is 0. The van der Waals surface area contributed by atoms with Crippen LogP contribution in [0.5, 0.6) is 0 Å². The van der Waals surface area contributed by atoms with Crippen molar-refractivity contribution >= 4 is 10.8 Å². The Labute approximate surface area is 74.8 Å². The van der Waals surface area contributed by atoms with Gasteiger partial charge in [0.15, 0.2) is 0 Å². The summed E-state index contributed by atoms with van der Waals surface area (Å²) < 4.78 is 1.30. The molecule has 0 spiro atoms. The van der Waals surface area contributed by atoms with Crippen LogP contribution in [0.25, 0.3) is 10.8 Å². The molecule has 2 aromatic rings. The molecule has 0 bridgehead atoms. The smallest absolute Gasteiger partial charge is 0.267 e. The van der Waals surface area contributed by atoms with Gasteiger partial charge in [-0.05, 0) is 13.0 Å². The molecule has 0 radical (unpaired) electrons. The summed E-state index contributed by atoms with van der Waals surface area (Å²) in [7, 11) is 1.63. The summed E-state index contributed by atoms with van der Waals surface area (Å²) in [5, 5.41) is 5.38. The molecular weight excluding hydrogens is 166 g/mol. The molecule has 0 N–H and O–H groups in total. The van der Waals surface area contributed by atoms with Crippen LogP contribution in [0.1, 0.15) is 5.69 Å². The van der Waals surface area contributed by atoms with Crippen molar-refractivity contribution in [2.24, 2.45) is 7.05 Å². The highest BCUT2D eigenvalue weighted by Gasteiger charge is 2.00. The summed E-state index contributed by atoms with van der Waals surface area (Å²) in [5.74, 6) is 0. The fraction of sp³-hybridized carbons (Fsp3) is 0.222. The van der Waals surface area contributed by atoms with E-state index in [4.69, 9.17) is 0 Å². The van der Waals surface area contributed by atoms with Gasteiger partial charge < -0.3 is 0 Å².